The predicted octanol–water partition coefficient (Wildman–Crippen LogP) is 2.60. The van der Waals surface area contributed by atoms with E-state index in [0.717, 1.165) is 5.56 Å². The summed E-state index contributed by atoms with van der Waals surface area (Å²) in [6.45, 7) is 1.44. The first-order chi connectivity index (χ1) is 11.7. The highest BCUT2D eigenvalue weighted by Crippen LogP contribution is 2.28. The minimum atomic E-state index is -0.230. The fraction of sp³-hybridized carbons (Fsp3) is 0.235. The minimum Gasteiger partial charge on any atom is -0.370 e. The van der Waals surface area contributed by atoms with Crippen molar-refractivity contribution >= 4 is 23.3 Å². The Balaban J connectivity index is 1.57. The zero-order valence-corrected chi connectivity index (χ0v) is 13.6. The lowest BCUT2D eigenvalue weighted by Crippen LogP contribution is -2.42. The number of rotatable bonds is 2. The Kier molecular flexibility index (Phi) is 3.92. The van der Waals surface area contributed by atoms with Crippen LogP contribution in [0.2, 0.25) is 5.02 Å². The van der Waals surface area contributed by atoms with Gasteiger partial charge >= 0.3 is 0 Å². The van der Waals surface area contributed by atoms with Gasteiger partial charge in [-0.2, -0.15) is 0 Å². The van der Waals surface area contributed by atoms with E-state index in [1.165, 1.54) is 0 Å². The van der Waals surface area contributed by atoms with E-state index in [1.54, 1.807) is 27.8 Å². The highest BCUT2D eigenvalue weighted by atomic mass is 35.5. The molecule has 1 aromatic carbocycles. The van der Waals surface area contributed by atoms with Crippen LogP contribution in [0.15, 0.2) is 48.9 Å². The molecule has 1 aliphatic heterocycles. The summed E-state index contributed by atoms with van der Waals surface area (Å²) in [5.74, 6) is 0.387. The molecule has 0 saturated carbocycles. The van der Waals surface area contributed by atoms with Crippen LogP contribution in [0.5, 0.6) is 0 Å². The third kappa shape index (κ3) is 2.74. The molecular weight excluding hydrogens is 328 g/mol. The maximum Gasteiger partial charge on any atom is 0.274 e. The summed E-state index contributed by atoms with van der Waals surface area (Å²) in [5.41, 5.74) is 1.28. The molecule has 1 saturated heterocycles. The van der Waals surface area contributed by atoms with E-state index < -0.39 is 0 Å². The molecule has 0 aliphatic carbocycles. The molecule has 7 heteroatoms. The molecule has 1 amide bonds. The zero-order valence-electron chi connectivity index (χ0n) is 12.8. The minimum absolute atomic E-state index is 0.124. The van der Waals surface area contributed by atoms with Crippen LogP contribution < -0.4 is 0 Å². The van der Waals surface area contributed by atoms with Crippen LogP contribution >= 0.6 is 11.6 Å². The Morgan fingerprint density at radius 1 is 1.29 bits per heavy atom. The summed E-state index contributed by atoms with van der Waals surface area (Å²) < 4.78 is 7.54. The molecule has 122 valence electrons. The summed E-state index contributed by atoms with van der Waals surface area (Å²) in [5, 5.41) is 0.647. The first kappa shape index (κ1) is 15.1. The second-order valence-electron chi connectivity index (χ2n) is 5.59. The quantitative estimate of drug-likeness (QED) is 0.718. The number of ether oxygens (including phenoxy) is 1. The molecule has 0 N–H and O–H groups in total. The summed E-state index contributed by atoms with van der Waals surface area (Å²) in [4.78, 5) is 23.0. The van der Waals surface area contributed by atoms with Crippen LogP contribution in [-0.2, 0) is 4.74 Å². The van der Waals surface area contributed by atoms with Crippen molar-refractivity contribution in [1.82, 2.24) is 19.3 Å². The van der Waals surface area contributed by atoms with Gasteiger partial charge in [0.15, 0.2) is 0 Å². The topological polar surface area (TPSA) is 59.7 Å². The van der Waals surface area contributed by atoms with Gasteiger partial charge < -0.3 is 9.64 Å². The van der Waals surface area contributed by atoms with Crippen LogP contribution in [-0.4, -0.2) is 44.9 Å². The van der Waals surface area contributed by atoms with Gasteiger partial charge in [-0.25, -0.2) is 9.97 Å². The fourth-order valence-electron chi connectivity index (χ4n) is 2.85. The van der Waals surface area contributed by atoms with E-state index in [9.17, 15) is 4.79 Å². The molecule has 24 heavy (non-hydrogen) atoms. The summed E-state index contributed by atoms with van der Waals surface area (Å²) in [6, 6.07) is 9.34. The number of morpholine rings is 1. The number of benzene rings is 1. The number of nitrogens with zero attached hydrogens (tertiary/aromatic N) is 4. The molecule has 0 bridgehead atoms. The van der Waals surface area contributed by atoms with Crippen molar-refractivity contribution in [3.63, 3.8) is 0 Å². The molecule has 1 unspecified atom stereocenters. The average molecular weight is 343 g/mol. The monoisotopic (exact) mass is 342 g/mol. The number of hydrogen-bond donors (Lipinski definition) is 0. The van der Waals surface area contributed by atoms with Gasteiger partial charge in [0.1, 0.15) is 11.8 Å². The number of carbonyl (C=O) groups excluding carboxylic acids is 1. The number of carbonyl (C=O) groups is 1. The molecule has 1 fully saturated rings. The SMILES string of the molecule is O=C(c1cn2cccnc2n1)N1CCOC(c2ccccc2Cl)C1. The van der Waals surface area contributed by atoms with Gasteiger partial charge in [-0.3, -0.25) is 9.20 Å². The zero-order chi connectivity index (χ0) is 16.5. The number of amides is 1. The maximum absolute atomic E-state index is 12.8. The lowest BCUT2D eigenvalue weighted by Gasteiger charge is -2.33. The van der Waals surface area contributed by atoms with Gasteiger partial charge in [-0.05, 0) is 12.1 Å². The van der Waals surface area contributed by atoms with Crippen LogP contribution in [0.4, 0.5) is 0 Å². The largest absolute Gasteiger partial charge is 0.370 e. The third-order valence-electron chi connectivity index (χ3n) is 4.06. The number of imidazole rings is 1. The van der Waals surface area contributed by atoms with Crippen LogP contribution in [0.25, 0.3) is 5.78 Å². The average Bonchev–Trinajstić information content (AvgIpc) is 3.06. The predicted molar refractivity (Wildman–Crippen MR) is 89.0 cm³/mol. The van der Waals surface area contributed by atoms with E-state index >= 15 is 0 Å². The molecular formula is C17H15ClN4O2. The van der Waals surface area contributed by atoms with Crippen molar-refractivity contribution in [3.05, 3.63) is 65.2 Å². The second-order valence-corrected chi connectivity index (χ2v) is 5.99. The molecule has 1 atom stereocenters. The molecule has 6 nitrogen and oxygen atoms in total. The maximum atomic E-state index is 12.8. The van der Waals surface area contributed by atoms with Crippen molar-refractivity contribution in [2.24, 2.45) is 0 Å². The standard InChI is InChI=1S/C17H15ClN4O2/c18-13-5-2-1-4-12(13)15-11-21(8-9-24-15)16(23)14-10-22-7-3-6-19-17(22)20-14/h1-7,10,15H,8-9,11H2. The Bertz CT molecular complexity index is 862. The highest BCUT2D eigenvalue weighted by molar-refractivity contribution is 6.31. The number of halogens is 1. The Labute approximate surface area is 143 Å². The van der Waals surface area contributed by atoms with Crippen LogP contribution in [0.1, 0.15) is 22.2 Å². The smallest absolute Gasteiger partial charge is 0.274 e. The van der Waals surface area contributed by atoms with E-state index in [0.29, 0.717) is 36.2 Å². The van der Waals surface area contributed by atoms with Gasteiger partial charge in [-0.1, -0.05) is 29.8 Å². The van der Waals surface area contributed by atoms with Crippen molar-refractivity contribution in [3.8, 4) is 0 Å². The number of fused-ring (bicyclic) bond motifs is 1. The van der Waals surface area contributed by atoms with Crippen LogP contribution in [0, 0.1) is 0 Å². The lowest BCUT2D eigenvalue weighted by atomic mass is 10.1. The van der Waals surface area contributed by atoms with Crippen molar-refractivity contribution in [1.29, 1.82) is 0 Å². The summed E-state index contributed by atoms with van der Waals surface area (Å²) in [6.07, 6.45) is 4.94. The van der Waals surface area contributed by atoms with E-state index in [1.807, 2.05) is 30.5 Å². The summed E-state index contributed by atoms with van der Waals surface area (Å²) in [7, 11) is 0. The van der Waals surface area contributed by atoms with E-state index in [4.69, 9.17) is 16.3 Å². The molecule has 2 aromatic heterocycles. The molecule has 4 rings (SSSR count). The Morgan fingerprint density at radius 3 is 3.00 bits per heavy atom. The van der Waals surface area contributed by atoms with Gasteiger partial charge in [0.25, 0.3) is 5.91 Å². The number of aromatic nitrogens is 3. The van der Waals surface area contributed by atoms with Crippen molar-refractivity contribution < 1.29 is 9.53 Å². The van der Waals surface area contributed by atoms with Crippen LogP contribution in [0.3, 0.4) is 0 Å². The normalized spacial score (nSPS) is 18.0. The molecule has 0 spiro atoms. The highest BCUT2D eigenvalue weighted by Gasteiger charge is 2.28. The van der Waals surface area contributed by atoms with Gasteiger partial charge in [0.05, 0.1) is 13.2 Å². The fourth-order valence-corrected chi connectivity index (χ4v) is 3.11. The van der Waals surface area contributed by atoms with Crippen molar-refractivity contribution in [2.45, 2.75) is 6.10 Å². The molecule has 0 radical (unpaired) electrons. The van der Waals surface area contributed by atoms with E-state index in [-0.39, 0.29) is 12.0 Å². The van der Waals surface area contributed by atoms with Gasteiger partial charge in [0.2, 0.25) is 5.78 Å². The first-order valence-electron chi connectivity index (χ1n) is 7.67. The number of hydrogen-bond acceptors (Lipinski definition) is 4. The lowest BCUT2D eigenvalue weighted by molar-refractivity contribution is -0.0229. The molecule has 3 heterocycles. The van der Waals surface area contributed by atoms with Gasteiger partial charge in [-0.15, -0.1) is 0 Å². The first-order valence-corrected chi connectivity index (χ1v) is 8.05. The molecule has 1 aliphatic rings. The van der Waals surface area contributed by atoms with Gasteiger partial charge in [0, 0.05) is 35.7 Å². The van der Waals surface area contributed by atoms with E-state index in [2.05, 4.69) is 9.97 Å². The Morgan fingerprint density at radius 2 is 2.17 bits per heavy atom. The second kappa shape index (κ2) is 6.22. The molecule has 3 aromatic rings. The third-order valence-corrected chi connectivity index (χ3v) is 4.40. The Hall–Kier alpha value is -2.44. The summed E-state index contributed by atoms with van der Waals surface area (Å²) >= 11 is 6.25. The van der Waals surface area contributed by atoms with Crippen molar-refractivity contribution in [2.75, 3.05) is 19.7 Å².